The average Bonchev–Trinajstić information content (AvgIpc) is 2.45. The number of morpholine rings is 1. The van der Waals surface area contributed by atoms with Crippen molar-refractivity contribution >= 4 is 0 Å². The summed E-state index contributed by atoms with van der Waals surface area (Å²) >= 11 is 0. The maximum Gasteiger partial charge on any atom is 0.389 e. The lowest BCUT2D eigenvalue weighted by atomic mass is 9.83. The molecule has 0 aromatic heterocycles. The predicted octanol–water partition coefficient (Wildman–Crippen LogP) is 3.20. The van der Waals surface area contributed by atoms with Gasteiger partial charge in [0, 0.05) is 31.1 Å². The molecule has 0 bridgehead atoms. The maximum atomic E-state index is 12.4. The van der Waals surface area contributed by atoms with Gasteiger partial charge >= 0.3 is 6.18 Å². The van der Waals surface area contributed by atoms with E-state index in [1.165, 1.54) is 0 Å². The van der Waals surface area contributed by atoms with Crippen LogP contribution in [0.1, 0.15) is 46.5 Å². The Morgan fingerprint density at radius 1 is 1.19 bits per heavy atom. The fourth-order valence-electron chi connectivity index (χ4n) is 3.15. The lowest BCUT2D eigenvalue weighted by Crippen LogP contribution is -2.61. The molecule has 1 saturated heterocycles. The van der Waals surface area contributed by atoms with Crippen LogP contribution in [0, 0.1) is 0 Å². The fraction of sp³-hybridized carbons (Fsp3) is 1.00. The Morgan fingerprint density at radius 3 is 2.29 bits per heavy atom. The summed E-state index contributed by atoms with van der Waals surface area (Å²) in [6.07, 6.45) is -3.11. The van der Waals surface area contributed by atoms with Gasteiger partial charge in [0.25, 0.3) is 0 Å². The Hall–Kier alpha value is -0.330. The Labute approximate surface area is 126 Å². The molecule has 0 amide bonds. The van der Waals surface area contributed by atoms with E-state index in [1.54, 1.807) is 0 Å². The summed E-state index contributed by atoms with van der Waals surface area (Å²) < 4.78 is 42.5. The van der Waals surface area contributed by atoms with Gasteiger partial charge in [0.15, 0.2) is 0 Å². The third-order valence-corrected chi connectivity index (χ3v) is 4.60. The smallest absolute Gasteiger partial charge is 0.379 e. The topological polar surface area (TPSA) is 24.5 Å². The summed E-state index contributed by atoms with van der Waals surface area (Å²) in [6, 6.07) is 0.0768. The molecule has 1 heterocycles. The van der Waals surface area contributed by atoms with Crippen molar-refractivity contribution in [2.24, 2.45) is 0 Å². The molecule has 6 heteroatoms. The molecule has 3 nitrogen and oxygen atoms in total. The van der Waals surface area contributed by atoms with Gasteiger partial charge < -0.3 is 10.1 Å². The lowest BCUT2D eigenvalue weighted by Gasteiger charge is -2.48. The second-order valence-corrected chi connectivity index (χ2v) is 5.93. The van der Waals surface area contributed by atoms with Gasteiger partial charge in [-0.2, -0.15) is 13.2 Å². The maximum absolute atomic E-state index is 12.4. The Kier molecular flexibility index (Phi) is 7.44. The largest absolute Gasteiger partial charge is 0.389 e. The summed E-state index contributed by atoms with van der Waals surface area (Å²) in [5, 5.41) is 3.41. The van der Waals surface area contributed by atoms with Crippen LogP contribution in [0.25, 0.3) is 0 Å². The molecule has 1 N–H and O–H groups in total. The fourth-order valence-corrected chi connectivity index (χ4v) is 3.15. The predicted molar refractivity (Wildman–Crippen MR) is 78.5 cm³/mol. The molecule has 2 unspecified atom stereocenters. The minimum absolute atomic E-state index is 0.0768. The van der Waals surface area contributed by atoms with E-state index >= 15 is 0 Å². The van der Waals surface area contributed by atoms with Crippen LogP contribution in [-0.2, 0) is 4.74 Å². The van der Waals surface area contributed by atoms with E-state index in [4.69, 9.17) is 4.74 Å². The van der Waals surface area contributed by atoms with Gasteiger partial charge in [-0.05, 0) is 32.7 Å². The molecule has 0 radical (unpaired) electrons. The molecule has 1 aliphatic heterocycles. The van der Waals surface area contributed by atoms with E-state index in [0.29, 0.717) is 19.6 Å². The summed E-state index contributed by atoms with van der Waals surface area (Å²) in [4.78, 5) is 2.37. The van der Waals surface area contributed by atoms with Crippen molar-refractivity contribution in [3.8, 4) is 0 Å². The minimum atomic E-state index is -4.06. The highest BCUT2D eigenvalue weighted by Crippen LogP contribution is 2.30. The molecule has 1 fully saturated rings. The van der Waals surface area contributed by atoms with Gasteiger partial charge in [-0.15, -0.1) is 0 Å². The minimum Gasteiger partial charge on any atom is -0.379 e. The number of hydrogen-bond acceptors (Lipinski definition) is 3. The van der Waals surface area contributed by atoms with Crippen LogP contribution in [0.15, 0.2) is 0 Å². The second-order valence-electron chi connectivity index (χ2n) is 5.93. The number of likely N-dealkylation sites (N-methyl/N-ethyl adjacent to an activating group) is 1. The van der Waals surface area contributed by atoms with E-state index in [0.717, 1.165) is 26.1 Å². The number of alkyl halides is 3. The molecule has 1 rings (SSSR count). The van der Waals surface area contributed by atoms with Gasteiger partial charge in [0.05, 0.1) is 13.2 Å². The van der Waals surface area contributed by atoms with Crippen molar-refractivity contribution < 1.29 is 17.9 Å². The van der Waals surface area contributed by atoms with Crippen LogP contribution in [0.3, 0.4) is 0 Å². The van der Waals surface area contributed by atoms with Crippen molar-refractivity contribution in [1.29, 1.82) is 0 Å². The summed E-state index contributed by atoms with van der Waals surface area (Å²) in [5.41, 5.74) is -0.120. The van der Waals surface area contributed by atoms with Gasteiger partial charge in [-0.25, -0.2) is 0 Å². The number of halogens is 3. The molecule has 0 saturated carbocycles. The lowest BCUT2D eigenvalue weighted by molar-refractivity contribution is -0.136. The van der Waals surface area contributed by atoms with Crippen molar-refractivity contribution in [1.82, 2.24) is 10.2 Å². The number of ether oxygens (including phenoxy) is 1. The number of hydrogen-bond donors (Lipinski definition) is 1. The molecule has 21 heavy (non-hydrogen) atoms. The number of nitrogens with zero attached hydrogens (tertiary/aromatic N) is 1. The molecule has 0 spiro atoms. The highest BCUT2D eigenvalue weighted by atomic mass is 19.4. The normalized spacial score (nSPS) is 22.0. The molecule has 0 aromatic rings. The Balaban J connectivity index is 2.68. The highest BCUT2D eigenvalue weighted by Gasteiger charge is 2.38. The Bertz CT molecular complexity index is 293. The number of nitrogens with one attached hydrogen (secondary N) is 1. The summed E-state index contributed by atoms with van der Waals surface area (Å²) in [6.45, 7) is 10.2. The standard InChI is InChI=1S/C15H29F3N2O/c1-4-14(3,20-9-11-21-12-10-20)13(19-5-2)7-6-8-15(16,17)18/h13,19H,4-12H2,1-3H3. The molecule has 1 aliphatic rings. The first kappa shape index (κ1) is 18.7. The zero-order valence-corrected chi connectivity index (χ0v) is 13.4. The second kappa shape index (κ2) is 8.34. The number of rotatable bonds is 8. The van der Waals surface area contributed by atoms with Crippen LogP contribution >= 0.6 is 0 Å². The van der Waals surface area contributed by atoms with Crippen LogP contribution in [0.4, 0.5) is 13.2 Å². The van der Waals surface area contributed by atoms with Crippen LogP contribution in [0.5, 0.6) is 0 Å². The van der Waals surface area contributed by atoms with Gasteiger partial charge in [0.2, 0.25) is 0 Å². The first-order valence-electron chi connectivity index (χ1n) is 7.96. The molecule has 2 atom stereocenters. The van der Waals surface area contributed by atoms with Crippen LogP contribution < -0.4 is 5.32 Å². The Morgan fingerprint density at radius 2 is 1.81 bits per heavy atom. The van der Waals surface area contributed by atoms with Crippen molar-refractivity contribution in [2.45, 2.75) is 64.2 Å². The molecular weight excluding hydrogens is 281 g/mol. The van der Waals surface area contributed by atoms with Gasteiger partial charge in [-0.1, -0.05) is 13.8 Å². The first-order chi connectivity index (χ1) is 9.83. The van der Waals surface area contributed by atoms with Gasteiger partial charge in [0.1, 0.15) is 0 Å². The SMILES string of the molecule is CCNC(CCCC(F)(F)F)C(C)(CC)N1CCOCC1. The van der Waals surface area contributed by atoms with E-state index in [1.807, 2.05) is 6.92 Å². The van der Waals surface area contributed by atoms with Crippen molar-refractivity contribution in [3.63, 3.8) is 0 Å². The van der Waals surface area contributed by atoms with Crippen LogP contribution in [0.2, 0.25) is 0 Å². The van der Waals surface area contributed by atoms with Crippen LogP contribution in [-0.4, -0.2) is 55.5 Å². The quantitative estimate of drug-likeness (QED) is 0.745. The van der Waals surface area contributed by atoms with Crippen molar-refractivity contribution in [2.75, 3.05) is 32.8 Å². The summed E-state index contributed by atoms with van der Waals surface area (Å²) in [7, 11) is 0. The zero-order valence-electron chi connectivity index (χ0n) is 13.4. The molecular formula is C15H29F3N2O. The van der Waals surface area contributed by atoms with E-state index in [-0.39, 0.29) is 18.0 Å². The zero-order chi connectivity index (χ0) is 15.9. The molecule has 0 aliphatic carbocycles. The third kappa shape index (κ3) is 5.75. The van der Waals surface area contributed by atoms with Crippen molar-refractivity contribution in [3.05, 3.63) is 0 Å². The van der Waals surface area contributed by atoms with E-state index < -0.39 is 12.6 Å². The first-order valence-corrected chi connectivity index (χ1v) is 7.96. The molecule has 0 aromatic carbocycles. The van der Waals surface area contributed by atoms with E-state index in [9.17, 15) is 13.2 Å². The van der Waals surface area contributed by atoms with E-state index in [2.05, 4.69) is 24.1 Å². The highest BCUT2D eigenvalue weighted by molar-refractivity contribution is 4.97. The third-order valence-electron chi connectivity index (χ3n) is 4.60. The van der Waals surface area contributed by atoms with Gasteiger partial charge in [-0.3, -0.25) is 4.90 Å². The molecule has 126 valence electrons. The monoisotopic (exact) mass is 310 g/mol. The average molecular weight is 310 g/mol. The summed E-state index contributed by atoms with van der Waals surface area (Å²) in [5.74, 6) is 0.